The van der Waals surface area contributed by atoms with Gasteiger partial charge in [0.25, 0.3) is 0 Å². The maximum atomic E-state index is 13.2. The molecule has 0 radical (unpaired) electrons. The van der Waals surface area contributed by atoms with Crippen LogP contribution in [0.15, 0.2) is 46.9 Å². The van der Waals surface area contributed by atoms with Crippen molar-refractivity contribution >= 4 is 15.9 Å². The molecule has 0 aromatic heterocycles. The summed E-state index contributed by atoms with van der Waals surface area (Å²) in [5, 5.41) is 3.59. The molecule has 0 aliphatic rings. The fraction of sp³-hybridized carbons (Fsp3) is 0.333. The molecule has 0 aliphatic heterocycles. The zero-order valence-electron chi connectivity index (χ0n) is 12.5. The third kappa shape index (κ3) is 4.65. The van der Waals surface area contributed by atoms with E-state index in [4.69, 9.17) is 0 Å². The van der Waals surface area contributed by atoms with Gasteiger partial charge >= 0.3 is 0 Å². The summed E-state index contributed by atoms with van der Waals surface area (Å²) in [5.41, 5.74) is 3.44. The molecule has 1 unspecified atom stereocenters. The summed E-state index contributed by atoms with van der Waals surface area (Å²) >= 11 is 3.53. The SMILES string of the molecule is CCCNC(Cc1ccc(F)cc1C)c1cccc(Br)c1. The fourth-order valence-corrected chi connectivity index (χ4v) is 2.87. The van der Waals surface area contributed by atoms with Gasteiger partial charge in [-0.2, -0.15) is 0 Å². The summed E-state index contributed by atoms with van der Waals surface area (Å²) < 4.78 is 14.3. The maximum absolute atomic E-state index is 13.2. The topological polar surface area (TPSA) is 12.0 Å². The van der Waals surface area contributed by atoms with Crippen LogP contribution in [0.5, 0.6) is 0 Å². The highest BCUT2D eigenvalue weighted by atomic mass is 79.9. The molecule has 0 saturated carbocycles. The molecule has 21 heavy (non-hydrogen) atoms. The van der Waals surface area contributed by atoms with Crippen molar-refractivity contribution in [3.63, 3.8) is 0 Å². The molecule has 1 N–H and O–H groups in total. The molecule has 0 bridgehead atoms. The van der Waals surface area contributed by atoms with Gasteiger partial charge in [0.2, 0.25) is 0 Å². The largest absolute Gasteiger partial charge is 0.310 e. The summed E-state index contributed by atoms with van der Waals surface area (Å²) in [6, 6.07) is 13.6. The second-order valence-corrected chi connectivity index (χ2v) is 6.25. The lowest BCUT2D eigenvalue weighted by Crippen LogP contribution is -2.24. The van der Waals surface area contributed by atoms with Crippen molar-refractivity contribution in [2.45, 2.75) is 32.7 Å². The summed E-state index contributed by atoms with van der Waals surface area (Å²) in [6.45, 7) is 5.10. The Kier molecular flexibility index (Phi) is 5.95. The Balaban J connectivity index is 2.23. The number of hydrogen-bond acceptors (Lipinski definition) is 1. The van der Waals surface area contributed by atoms with Crippen LogP contribution in [0.3, 0.4) is 0 Å². The molecule has 1 nitrogen and oxygen atoms in total. The predicted molar refractivity (Wildman–Crippen MR) is 90.0 cm³/mol. The number of halogens is 2. The molecule has 0 aliphatic carbocycles. The Morgan fingerprint density at radius 2 is 2.00 bits per heavy atom. The molecule has 0 fully saturated rings. The van der Waals surface area contributed by atoms with Gasteiger partial charge in [0.15, 0.2) is 0 Å². The van der Waals surface area contributed by atoms with Gasteiger partial charge in [0.05, 0.1) is 0 Å². The maximum Gasteiger partial charge on any atom is 0.123 e. The van der Waals surface area contributed by atoms with Crippen LogP contribution < -0.4 is 5.32 Å². The van der Waals surface area contributed by atoms with Crippen molar-refractivity contribution in [2.24, 2.45) is 0 Å². The van der Waals surface area contributed by atoms with Crippen molar-refractivity contribution in [1.29, 1.82) is 0 Å². The average molecular weight is 350 g/mol. The monoisotopic (exact) mass is 349 g/mol. The van der Waals surface area contributed by atoms with Crippen molar-refractivity contribution in [1.82, 2.24) is 5.32 Å². The van der Waals surface area contributed by atoms with E-state index in [1.807, 2.05) is 19.1 Å². The Morgan fingerprint density at radius 3 is 2.67 bits per heavy atom. The van der Waals surface area contributed by atoms with Crippen LogP contribution in [0.2, 0.25) is 0 Å². The van der Waals surface area contributed by atoms with Gasteiger partial charge in [-0.25, -0.2) is 4.39 Å². The van der Waals surface area contributed by atoms with E-state index in [0.717, 1.165) is 29.4 Å². The van der Waals surface area contributed by atoms with Gasteiger partial charge in [-0.15, -0.1) is 0 Å². The van der Waals surface area contributed by atoms with Crippen molar-refractivity contribution < 1.29 is 4.39 Å². The molecule has 0 saturated heterocycles. The molecule has 2 aromatic carbocycles. The second-order valence-electron chi connectivity index (χ2n) is 5.34. The minimum Gasteiger partial charge on any atom is -0.310 e. The summed E-state index contributed by atoms with van der Waals surface area (Å²) in [5.74, 6) is -0.170. The van der Waals surface area contributed by atoms with E-state index in [2.05, 4.69) is 46.4 Å². The van der Waals surface area contributed by atoms with Gasteiger partial charge in [-0.3, -0.25) is 0 Å². The second kappa shape index (κ2) is 7.71. The van der Waals surface area contributed by atoms with E-state index >= 15 is 0 Å². The molecule has 0 amide bonds. The first kappa shape index (κ1) is 16.2. The lowest BCUT2D eigenvalue weighted by Gasteiger charge is -2.20. The summed E-state index contributed by atoms with van der Waals surface area (Å²) in [4.78, 5) is 0. The summed E-state index contributed by atoms with van der Waals surface area (Å²) in [7, 11) is 0. The number of rotatable bonds is 6. The van der Waals surface area contributed by atoms with E-state index in [0.29, 0.717) is 0 Å². The predicted octanol–water partition coefficient (Wildman–Crippen LogP) is 5.18. The fourth-order valence-electron chi connectivity index (χ4n) is 2.46. The molecule has 2 aromatic rings. The number of hydrogen-bond donors (Lipinski definition) is 1. The highest BCUT2D eigenvalue weighted by Crippen LogP contribution is 2.23. The van der Waals surface area contributed by atoms with Crippen LogP contribution in [0.4, 0.5) is 4.39 Å². The molecule has 112 valence electrons. The van der Waals surface area contributed by atoms with Crippen molar-refractivity contribution in [3.05, 3.63) is 69.4 Å². The zero-order chi connectivity index (χ0) is 15.2. The van der Waals surface area contributed by atoms with Crippen LogP contribution in [-0.2, 0) is 6.42 Å². The minimum absolute atomic E-state index is 0.170. The number of aryl methyl sites for hydroxylation is 1. The molecular formula is C18H21BrFN. The standard InChI is InChI=1S/C18H21BrFN/c1-3-9-21-18(15-5-4-6-16(19)11-15)12-14-7-8-17(20)10-13(14)2/h4-8,10-11,18,21H,3,9,12H2,1-2H3. The Bertz CT molecular complexity index is 598. The Labute approximate surface area is 134 Å². The van der Waals surface area contributed by atoms with E-state index in [1.165, 1.54) is 11.1 Å². The van der Waals surface area contributed by atoms with Crippen LogP contribution in [0, 0.1) is 12.7 Å². The normalized spacial score (nSPS) is 12.4. The lowest BCUT2D eigenvalue weighted by atomic mass is 9.96. The van der Waals surface area contributed by atoms with Crippen molar-refractivity contribution in [2.75, 3.05) is 6.54 Å². The van der Waals surface area contributed by atoms with E-state index < -0.39 is 0 Å². The molecule has 1 atom stereocenters. The molecule has 3 heteroatoms. The first-order chi connectivity index (χ1) is 10.1. The lowest BCUT2D eigenvalue weighted by molar-refractivity contribution is 0.527. The molecule has 2 rings (SSSR count). The Hall–Kier alpha value is -1.19. The van der Waals surface area contributed by atoms with E-state index in [-0.39, 0.29) is 11.9 Å². The quantitative estimate of drug-likeness (QED) is 0.757. The average Bonchev–Trinajstić information content (AvgIpc) is 2.45. The first-order valence-electron chi connectivity index (χ1n) is 7.34. The van der Waals surface area contributed by atoms with Crippen LogP contribution in [0.25, 0.3) is 0 Å². The Morgan fingerprint density at radius 1 is 1.19 bits per heavy atom. The number of benzene rings is 2. The van der Waals surface area contributed by atoms with E-state index in [1.54, 1.807) is 12.1 Å². The zero-order valence-corrected chi connectivity index (χ0v) is 14.1. The molecular weight excluding hydrogens is 329 g/mol. The van der Waals surface area contributed by atoms with Gasteiger partial charge in [-0.05, 0) is 67.3 Å². The molecule has 0 spiro atoms. The van der Waals surface area contributed by atoms with Gasteiger partial charge in [0, 0.05) is 10.5 Å². The van der Waals surface area contributed by atoms with Crippen LogP contribution in [0.1, 0.15) is 36.1 Å². The molecule has 0 heterocycles. The van der Waals surface area contributed by atoms with Crippen LogP contribution in [-0.4, -0.2) is 6.54 Å². The third-order valence-electron chi connectivity index (χ3n) is 3.62. The highest BCUT2D eigenvalue weighted by Gasteiger charge is 2.13. The first-order valence-corrected chi connectivity index (χ1v) is 8.13. The van der Waals surface area contributed by atoms with Gasteiger partial charge in [0.1, 0.15) is 5.82 Å². The van der Waals surface area contributed by atoms with Gasteiger partial charge in [-0.1, -0.05) is 41.1 Å². The van der Waals surface area contributed by atoms with Gasteiger partial charge < -0.3 is 5.32 Å². The third-order valence-corrected chi connectivity index (χ3v) is 4.11. The van der Waals surface area contributed by atoms with E-state index in [9.17, 15) is 4.39 Å². The van der Waals surface area contributed by atoms with Crippen molar-refractivity contribution in [3.8, 4) is 0 Å². The summed E-state index contributed by atoms with van der Waals surface area (Å²) in [6.07, 6.45) is 1.95. The number of nitrogens with one attached hydrogen (secondary N) is 1. The smallest absolute Gasteiger partial charge is 0.123 e. The minimum atomic E-state index is -0.170. The van der Waals surface area contributed by atoms with Crippen LogP contribution >= 0.6 is 15.9 Å². The highest BCUT2D eigenvalue weighted by molar-refractivity contribution is 9.10.